The average molecular weight is 530 g/mol. The van der Waals surface area contributed by atoms with Crippen LogP contribution in [0.2, 0.25) is 0 Å². The first-order chi connectivity index (χ1) is 18.1. The monoisotopic (exact) mass is 530 g/mol. The van der Waals surface area contributed by atoms with Gasteiger partial charge in [0.2, 0.25) is 0 Å². The molecular weight excluding hydrogens is 508 g/mol. The molecule has 0 bridgehead atoms. The summed E-state index contributed by atoms with van der Waals surface area (Å²) in [6.45, 7) is -1.08. The van der Waals surface area contributed by atoms with Gasteiger partial charge in [-0.2, -0.15) is 13.2 Å². The van der Waals surface area contributed by atoms with E-state index in [4.69, 9.17) is 0 Å². The number of piperidine rings is 1. The van der Waals surface area contributed by atoms with Crippen LogP contribution in [0.4, 0.5) is 28.0 Å². The van der Waals surface area contributed by atoms with E-state index in [9.17, 15) is 31.9 Å². The van der Waals surface area contributed by atoms with E-state index in [0.29, 0.717) is 28.6 Å². The first-order valence-electron chi connectivity index (χ1n) is 11.8. The van der Waals surface area contributed by atoms with Crippen LogP contribution in [0.25, 0.3) is 22.3 Å². The van der Waals surface area contributed by atoms with Gasteiger partial charge in [0.1, 0.15) is 18.0 Å². The number of H-pyrrole nitrogens is 1. The second-order valence-corrected chi connectivity index (χ2v) is 9.02. The maximum atomic E-state index is 13.8. The summed E-state index contributed by atoms with van der Waals surface area (Å²) in [6, 6.07) is 9.05. The van der Waals surface area contributed by atoms with Crippen molar-refractivity contribution in [1.82, 2.24) is 24.0 Å². The fraction of sp³-hybridized carbons (Fsp3) is 0.280. The molecule has 1 aromatic carbocycles. The number of pyridine rings is 2. The number of nitrogens with zero attached hydrogens (tertiary/aromatic N) is 4. The lowest BCUT2D eigenvalue weighted by molar-refractivity contribution is -0.141. The van der Waals surface area contributed by atoms with Crippen LogP contribution < -0.4 is 16.6 Å². The zero-order chi connectivity index (χ0) is 27.0. The van der Waals surface area contributed by atoms with E-state index >= 15 is 0 Å². The Morgan fingerprint density at radius 1 is 1.08 bits per heavy atom. The predicted octanol–water partition coefficient (Wildman–Crippen LogP) is 4.12. The number of nitrogens with one attached hydrogen (secondary N) is 2. The molecule has 2 amide bonds. The number of anilines is 1. The molecule has 9 nitrogen and oxygen atoms in total. The maximum absolute atomic E-state index is 13.8. The summed E-state index contributed by atoms with van der Waals surface area (Å²) in [5, 5.41) is 2.43. The number of likely N-dealkylation sites (tertiary alicyclic amines) is 1. The highest BCUT2D eigenvalue weighted by molar-refractivity contribution is 5.90. The van der Waals surface area contributed by atoms with Gasteiger partial charge in [-0.15, -0.1) is 0 Å². The Hall–Kier alpha value is -4.42. The summed E-state index contributed by atoms with van der Waals surface area (Å²) in [5.74, 6) is -0.602. The molecule has 0 saturated carbocycles. The van der Waals surface area contributed by atoms with Gasteiger partial charge in [0.15, 0.2) is 5.65 Å². The van der Waals surface area contributed by atoms with Crippen LogP contribution in [0.15, 0.2) is 64.4 Å². The van der Waals surface area contributed by atoms with Crippen LogP contribution in [0.3, 0.4) is 0 Å². The van der Waals surface area contributed by atoms with E-state index in [2.05, 4.69) is 15.3 Å². The quantitative estimate of drug-likeness (QED) is 0.387. The highest BCUT2D eigenvalue weighted by Gasteiger charge is 2.30. The molecule has 4 aromatic rings. The maximum Gasteiger partial charge on any atom is 0.406 e. The molecule has 1 aliphatic rings. The van der Waals surface area contributed by atoms with Gasteiger partial charge in [0, 0.05) is 37.1 Å². The smallest absolute Gasteiger partial charge is 0.324 e. The summed E-state index contributed by atoms with van der Waals surface area (Å²) >= 11 is 0. The van der Waals surface area contributed by atoms with Crippen LogP contribution >= 0.6 is 0 Å². The van der Waals surface area contributed by atoms with Crippen molar-refractivity contribution in [3.63, 3.8) is 0 Å². The molecule has 0 radical (unpaired) electrons. The molecule has 3 aromatic heterocycles. The van der Waals surface area contributed by atoms with Crippen molar-refractivity contribution in [2.75, 3.05) is 18.4 Å². The minimum Gasteiger partial charge on any atom is -0.324 e. The van der Waals surface area contributed by atoms with Crippen molar-refractivity contribution in [2.24, 2.45) is 0 Å². The topological polar surface area (TPSA) is 105 Å². The average Bonchev–Trinajstić information content (AvgIpc) is 3.21. The molecule has 0 atom stereocenters. The van der Waals surface area contributed by atoms with E-state index in [1.54, 1.807) is 22.9 Å². The number of imidazole rings is 1. The van der Waals surface area contributed by atoms with E-state index in [1.165, 1.54) is 29.2 Å². The largest absolute Gasteiger partial charge is 0.406 e. The Morgan fingerprint density at radius 3 is 2.55 bits per heavy atom. The van der Waals surface area contributed by atoms with E-state index < -0.39 is 30.1 Å². The molecule has 0 unspecified atom stereocenters. The molecule has 1 aliphatic heterocycles. The minimum absolute atomic E-state index is 0.134. The summed E-state index contributed by atoms with van der Waals surface area (Å²) in [4.78, 5) is 46.5. The number of fused-ring (bicyclic) bond motifs is 1. The van der Waals surface area contributed by atoms with Gasteiger partial charge in [-0.3, -0.25) is 14.3 Å². The van der Waals surface area contributed by atoms with Gasteiger partial charge < -0.3 is 14.8 Å². The van der Waals surface area contributed by atoms with Crippen molar-refractivity contribution in [1.29, 1.82) is 0 Å². The van der Waals surface area contributed by atoms with Gasteiger partial charge in [0.05, 0.1) is 5.52 Å². The number of hydrogen-bond donors (Lipinski definition) is 2. The molecule has 0 spiro atoms. The zero-order valence-corrected chi connectivity index (χ0v) is 19.8. The summed E-state index contributed by atoms with van der Waals surface area (Å²) in [6.07, 6.45) is -1.25. The highest BCUT2D eigenvalue weighted by Crippen LogP contribution is 2.26. The van der Waals surface area contributed by atoms with Crippen LogP contribution in [0.1, 0.15) is 18.9 Å². The fourth-order valence-corrected chi connectivity index (χ4v) is 4.70. The molecule has 0 aliphatic carbocycles. The summed E-state index contributed by atoms with van der Waals surface area (Å²) < 4.78 is 55.2. The van der Waals surface area contributed by atoms with Gasteiger partial charge in [0.25, 0.3) is 5.56 Å². The number of urea groups is 1. The first kappa shape index (κ1) is 25.2. The molecule has 5 rings (SSSR count). The molecular formula is C25H22F4N6O3. The van der Waals surface area contributed by atoms with Crippen LogP contribution in [-0.2, 0) is 6.54 Å². The van der Waals surface area contributed by atoms with E-state index in [1.807, 2.05) is 0 Å². The number of amides is 2. The third-order valence-corrected chi connectivity index (χ3v) is 6.44. The molecule has 38 heavy (non-hydrogen) atoms. The number of rotatable bonds is 4. The van der Waals surface area contributed by atoms with Crippen molar-refractivity contribution in [3.05, 3.63) is 81.5 Å². The lowest BCUT2D eigenvalue weighted by atomic mass is 10.0. The normalized spacial score (nSPS) is 14.7. The highest BCUT2D eigenvalue weighted by atomic mass is 19.4. The SMILES string of the molecule is O=C(Nc1cc(-c2cccc(F)c2)cn(CC(F)(F)F)c1=O)N1CCC(n2c(=O)[nH]c3ncccc32)CC1. The molecule has 1 saturated heterocycles. The Kier molecular flexibility index (Phi) is 6.51. The number of benzene rings is 1. The van der Waals surface area contributed by atoms with E-state index in [-0.39, 0.29) is 41.6 Å². The van der Waals surface area contributed by atoms with Gasteiger partial charge >= 0.3 is 17.9 Å². The Morgan fingerprint density at radius 2 is 1.84 bits per heavy atom. The Balaban J connectivity index is 1.36. The third kappa shape index (κ3) is 5.17. The first-order valence-corrected chi connectivity index (χ1v) is 11.8. The van der Waals surface area contributed by atoms with Crippen LogP contribution in [-0.4, -0.2) is 49.3 Å². The number of halogens is 4. The number of carbonyl (C=O) groups excluding carboxylic acids is 1. The van der Waals surface area contributed by atoms with Gasteiger partial charge in [-0.1, -0.05) is 12.1 Å². The second kappa shape index (κ2) is 9.80. The predicted molar refractivity (Wildman–Crippen MR) is 131 cm³/mol. The number of alkyl halides is 3. The number of aromatic nitrogens is 4. The standard InChI is InChI=1S/C25H22F4N6O3/c26-17-4-1-3-15(11-17)16-12-19(22(36)34(13-16)14-25(27,28)29)31-23(37)33-9-6-18(7-10-33)35-20-5-2-8-30-21(20)32-24(35)38/h1-5,8,11-13,18H,6-7,9-10,14H2,(H,31,37)(H,30,32,38). The summed E-state index contributed by atoms with van der Waals surface area (Å²) in [7, 11) is 0. The molecule has 1 fully saturated rings. The van der Waals surface area contributed by atoms with Crippen molar-refractivity contribution < 1.29 is 22.4 Å². The minimum atomic E-state index is -4.69. The third-order valence-electron chi connectivity index (χ3n) is 6.44. The van der Waals surface area contributed by atoms with E-state index in [0.717, 1.165) is 12.3 Å². The van der Waals surface area contributed by atoms with Crippen LogP contribution in [0.5, 0.6) is 0 Å². The Labute approximate surface area is 212 Å². The fourth-order valence-electron chi connectivity index (χ4n) is 4.70. The zero-order valence-electron chi connectivity index (χ0n) is 19.8. The van der Waals surface area contributed by atoms with Gasteiger partial charge in [-0.25, -0.2) is 19.0 Å². The number of aromatic amines is 1. The Bertz CT molecular complexity index is 1620. The van der Waals surface area contributed by atoms with Crippen LogP contribution in [0, 0.1) is 5.82 Å². The van der Waals surface area contributed by atoms with Crippen molar-refractivity contribution in [2.45, 2.75) is 31.6 Å². The molecule has 198 valence electrons. The lowest BCUT2D eigenvalue weighted by Gasteiger charge is -2.32. The van der Waals surface area contributed by atoms with Crippen molar-refractivity contribution in [3.8, 4) is 11.1 Å². The molecule has 4 heterocycles. The molecule has 13 heteroatoms. The lowest BCUT2D eigenvalue weighted by Crippen LogP contribution is -2.43. The van der Waals surface area contributed by atoms with Crippen molar-refractivity contribution >= 4 is 22.9 Å². The second-order valence-electron chi connectivity index (χ2n) is 9.02. The number of carbonyl (C=O) groups is 1. The number of hydrogen-bond acceptors (Lipinski definition) is 4. The van der Waals surface area contributed by atoms with Gasteiger partial charge in [-0.05, 0) is 48.7 Å². The summed E-state index contributed by atoms with van der Waals surface area (Å²) in [5.41, 5.74) is -0.206. The molecule has 2 N–H and O–H groups in total.